The van der Waals surface area contributed by atoms with Crippen molar-refractivity contribution >= 4 is 0 Å². The van der Waals surface area contributed by atoms with Crippen LogP contribution < -0.4 is 0 Å². The summed E-state index contributed by atoms with van der Waals surface area (Å²) in [5.74, 6) is 0.519. The summed E-state index contributed by atoms with van der Waals surface area (Å²) in [5, 5.41) is 47.8. The van der Waals surface area contributed by atoms with Crippen molar-refractivity contribution in [2.75, 3.05) is 13.2 Å². The van der Waals surface area contributed by atoms with Crippen molar-refractivity contribution < 1.29 is 35.0 Å². The largest absolute Gasteiger partial charge is 0.394 e. The van der Waals surface area contributed by atoms with Gasteiger partial charge in [-0.25, -0.2) is 0 Å². The van der Waals surface area contributed by atoms with Crippen LogP contribution in [0.25, 0.3) is 0 Å². The van der Waals surface area contributed by atoms with Crippen LogP contribution in [-0.2, 0) is 9.47 Å². The molecule has 0 bridgehead atoms. The highest BCUT2D eigenvalue weighted by Crippen LogP contribution is 2.22. The Labute approximate surface area is 125 Å². The number of aliphatic hydroxyl groups excluding tert-OH is 5. The summed E-state index contributed by atoms with van der Waals surface area (Å²) in [6.45, 7) is 3.83. The molecular formula is C14H28O7. The van der Waals surface area contributed by atoms with Gasteiger partial charge in [-0.05, 0) is 25.2 Å². The molecule has 21 heavy (non-hydrogen) atoms. The van der Waals surface area contributed by atoms with Crippen LogP contribution >= 0.6 is 0 Å². The Bertz CT molecular complexity index is 284. The van der Waals surface area contributed by atoms with E-state index in [0.29, 0.717) is 18.8 Å². The SMILES string of the molecule is CC(C)CCC(O)CCOC1OC(CO)C(O)C(O)C1O. The van der Waals surface area contributed by atoms with Crippen molar-refractivity contribution in [1.82, 2.24) is 0 Å². The van der Waals surface area contributed by atoms with Gasteiger partial charge in [0.05, 0.1) is 19.3 Å². The van der Waals surface area contributed by atoms with E-state index in [4.69, 9.17) is 14.6 Å². The van der Waals surface area contributed by atoms with Crippen molar-refractivity contribution in [3.05, 3.63) is 0 Å². The zero-order valence-corrected chi connectivity index (χ0v) is 12.6. The molecule has 0 aromatic carbocycles. The van der Waals surface area contributed by atoms with Gasteiger partial charge in [0.25, 0.3) is 0 Å². The topological polar surface area (TPSA) is 120 Å². The fourth-order valence-corrected chi connectivity index (χ4v) is 2.20. The maximum absolute atomic E-state index is 9.77. The highest BCUT2D eigenvalue weighted by Gasteiger charge is 2.43. The monoisotopic (exact) mass is 308 g/mol. The van der Waals surface area contributed by atoms with Crippen molar-refractivity contribution in [1.29, 1.82) is 0 Å². The maximum Gasteiger partial charge on any atom is 0.186 e. The molecule has 1 fully saturated rings. The molecule has 5 N–H and O–H groups in total. The molecule has 1 saturated heterocycles. The first-order valence-electron chi connectivity index (χ1n) is 7.47. The normalized spacial score (nSPS) is 35.1. The molecule has 0 spiro atoms. The van der Waals surface area contributed by atoms with E-state index in [1.165, 1.54) is 0 Å². The number of rotatable bonds is 8. The second kappa shape index (κ2) is 8.99. The lowest BCUT2D eigenvalue weighted by molar-refractivity contribution is -0.301. The van der Waals surface area contributed by atoms with Gasteiger partial charge in [0.2, 0.25) is 0 Å². The van der Waals surface area contributed by atoms with Crippen LogP contribution in [0.5, 0.6) is 0 Å². The minimum absolute atomic E-state index is 0.155. The molecular weight excluding hydrogens is 280 g/mol. The van der Waals surface area contributed by atoms with Gasteiger partial charge in [-0.1, -0.05) is 13.8 Å². The third-order valence-corrected chi connectivity index (χ3v) is 3.66. The van der Waals surface area contributed by atoms with E-state index in [2.05, 4.69) is 13.8 Å². The lowest BCUT2D eigenvalue weighted by atomic mass is 9.99. The quantitative estimate of drug-likeness (QED) is 0.390. The van der Waals surface area contributed by atoms with E-state index in [9.17, 15) is 20.4 Å². The van der Waals surface area contributed by atoms with Gasteiger partial charge in [-0.3, -0.25) is 0 Å². The second-order valence-corrected chi connectivity index (χ2v) is 5.98. The minimum Gasteiger partial charge on any atom is -0.394 e. The van der Waals surface area contributed by atoms with Crippen LogP contribution in [0.1, 0.15) is 33.1 Å². The molecule has 0 radical (unpaired) electrons. The first-order chi connectivity index (χ1) is 9.86. The van der Waals surface area contributed by atoms with Crippen LogP contribution in [0.3, 0.4) is 0 Å². The fourth-order valence-electron chi connectivity index (χ4n) is 2.20. The van der Waals surface area contributed by atoms with E-state index in [1.807, 2.05) is 0 Å². The van der Waals surface area contributed by atoms with E-state index >= 15 is 0 Å². The van der Waals surface area contributed by atoms with Gasteiger partial charge in [0.1, 0.15) is 24.4 Å². The van der Waals surface area contributed by atoms with E-state index in [0.717, 1.165) is 6.42 Å². The standard InChI is InChI=1S/C14H28O7/c1-8(2)3-4-9(16)5-6-20-14-13(19)12(18)11(17)10(7-15)21-14/h8-19H,3-7H2,1-2H3. The predicted molar refractivity (Wildman–Crippen MR) is 74.4 cm³/mol. The molecule has 0 saturated carbocycles. The summed E-state index contributed by atoms with van der Waals surface area (Å²) in [7, 11) is 0. The van der Waals surface area contributed by atoms with Crippen LogP contribution in [0, 0.1) is 5.92 Å². The molecule has 6 atom stereocenters. The fraction of sp³-hybridized carbons (Fsp3) is 1.00. The van der Waals surface area contributed by atoms with Crippen LogP contribution in [0.4, 0.5) is 0 Å². The molecule has 1 heterocycles. The van der Waals surface area contributed by atoms with Crippen molar-refractivity contribution in [3.63, 3.8) is 0 Å². The Balaban J connectivity index is 2.33. The average molecular weight is 308 g/mol. The predicted octanol–water partition coefficient (Wildman–Crippen LogP) is -1.01. The summed E-state index contributed by atoms with van der Waals surface area (Å²) in [4.78, 5) is 0. The van der Waals surface area contributed by atoms with E-state index in [1.54, 1.807) is 0 Å². The molecule has 0 aromatic rings. The first kappa shape index (κ1) is 18.8. The van der Waals surface area contributed by atoms with Crippen molar-refractivity contribution in [2.45, 2.75) is 69.9 Å². The summed E-state index contributed by atoms with van der Waals surface area (Å²) < 4.78 is 10.5. The molecule has 1 aliphatic rings. The molecule has 7 heteroatoms. The number of ether oxygens (including phenoxy) is 2. The summed E-state index contributed by atoms with van der Waals surface area (Å²) >= 11 is 0. The smallest absolute Gasteiger partial charge is 0.186 e. The van der Waals surface area contributed by atoms with Crippen molar-refractivity contribution in [2.24, 2.45) is 5.92 Å². The van der Waals surface area contributed by atoms with Crippen molar-refractivity contribution in [3.8, 4) is 0 Å². The Kier molecular flexibility index (Phi) is 8.04. The highest BCUT2D eigenvalue weighted by molar-refractivity contribution is 4.88. The summed E-state index contributed by atoms with van der Waals surface area (Å²) in [6.07, 6.45) is -4.82. The number of hydrogen-bond acceptors (Lipinski definition) is 7. The average Bonchev–Trinajstić information content (AvgIpc) is 2.45. The van der Waals surface area contributed by atoms with Crippen LogP contribution in [0.15, 0.2) is 0 Å². The molecule has 6 unspecified atom stereocenters. The van der Waals surface area contributed by atoms with E-state index in [-0.39, 0.29) is 6.61 Å². The molecule has 1 aliphatic heterocycles. The van der Waals surface area contributed by atoms with Gasteiger partial charge in [0, 0.05) is 0 Å². The molecule has 7 nitrogen and oxygen atoms in total. The maximum atomic E-state index is 9.77. The molecule has 0 amide bonds. The molecule has 0 aromatic heterocycles. The lowest BCUT2D eigenvalue weighted by Crippen LogP contribution is -2.59. The molecule has 126 valence electrons. The summed E-state index contributed by atoms with van der Waals surface area (Å²) in [5.41, 5.74) is 0. The van der Waals surface area contributed by atoms with Gasteiger partial charge in [-0.2, -0.15) is 0 Å². The van der Waals surface area contributed by atoms with Crippen LogP contribution in [-0.4, -0.2) is 75.6 Å². The zero-order valence-electron chi connectivity index (χ0n) is 12.6. The van der Waals surface area contributed by atoms with Crippen LogP contribution in [0.2, 0.25) is 0 Å². The Hall–Kier alpha value is -0.280. The van der Waals surface area contributed by atoms with Gasteiger partial charge >= 0.3 is 0 Å². The zero-order chi connectivity index (χ0) is 16.0. The van der Waals surface area contributed by atoms with Gasteiger partial charge in [0.15, 0.2) is 6.29 Å². The Morgan fingerprint density at radius 3 is 2.24 bits per heavy atom. The Morgan fingerprint density at radius 1 is 1.00 bits per heavy atom. The number of hydrogen-bond donors (Lipinski definition) is 5. The lowest BCUT2D eigenvalue weighted by Gasteiger charge is -2.39. The Morgan fingerprint density at radius 2 is 1.67 bits per heavy atom. The minimum atomic E-state index is -1.44. The second-order valence-electron chi connectivity index (χ2n) is 5.98. The summed E-state index contributed by atoms with van der Waals surface area (Å²) in [6, 6.07) is 0. The third-order valence-electron chi connectivity index (χ3n) is 3.66. The van der Waals surface area contributed by atoms with E-state index < -0.39 is 43.4 Å². The molecule has 0 aliphatic carbocycles. The third kappa shape index (κ3) is 5.78. The highest BCUT2D eigenvalue weighted by atomic mass is 16.7. The van der Waals surface area contributed by atoms with Gasteiger partial charge in [-0.15, -0.1) is 0 Å². The molecule has 1 rings (SSSR count). The first-order valence-corrected chi connectivity index (χ1v) is 7.47. The number of aliphatic hydroxyl groups is 5. The van der Waals surface area contributed by atoms with Gasteiger partial charge < -0.3 is 35.0 Å².